The van der Waals surface area contributed by atoms with Gasteiger partial charge in [0.1, 0.15) is 0 Å². The van der Waals surface area contributed by atoms with E-state index in [0.717, 1.165) is 23.6 Å². The molecule has 1 aliphatic carbocycles. The zero-order valence-corrected chi connectivity index (χ0v) is 10.7. The topological polar surface area (TPSA) is 27.0 Å². The predicted molar refractivity (Wildman–Crippen MR) is 69.4 cm³/mol. The third-order valence-corrected chi connectivity index (χ3v) is 3.43. The van der Waals surface area contributed by atoms with Gasteiger partial charge in [0.25, 0.3) is 0 Å². The molecule has 1 aliphatic rings. The number of nitrogens with zero attached hydrogens (tertiary/aromatic N) is 2. The van der Waals surface area contributed by atoms with Crippen LogP contribution in [0.2, 0.25) is 0 Å². The smallest absolute Gasteiger partial charge is 0.0995 e. The van der Waals surface area contributed by atoms with Crippen LogP contribution in [0.25, 0.3) is 0 Å². The minimum atomic E-state index is 0.544. The number of nitriles is 1. The number of rotatable bonds is 5. The molecule has 0 aliphatic heterocycles. The Hall–Kier alpha value is -1.33. The van der Waals surface area contributed by atoms with Gasteiger partial charge in [-0.1, -0.05) is 18.2 Å². The molecule has 2 heteroatoms. The Kier molecular flexibility index (Phi) is 3.81. The highest BCUT2D eigenvalue weighted by Crippen LogP contribution is 2.31. The van der Waals surface area contributed by atoms with E-state index in [1.54, 1.807) is 0 Å². The van der Waals surface area contributed by atoms with Gasteiger partial charge in [-0.25, -0.2) is 0 Å². The van der Waals surface area contributed by atoms with Crippen LogP contribution in [0, 0.1) is 17.2 Å². The Morgan fingerprint density at radius 2 is 2.06 bits per heavy atom. The maximum Gasteiger partial charge on any atom is 0.0995 e. The van der Waals surface area contributed by atoms with Crippen LogP contribution in [-0.4, -0.2) is 17.5 Å². The van der Waals surface area contributed by atoms with Crippen molar-refractivity contribution in [2.75, 3.05) is 6.54 Å². The van der Waals surface area contributed by atoms with E-state index in [1.165, 1.54) is 19.4 Å². The summed E-state index contributed by atoms with van der Waals surface area (Å²) in [5.74, 6) is 0.895. The fourth-order valence-electron chi connectivity index (χ4n) is 2.08. The molecule has 1 fully saturated rings. The van der Waals surface area contributed by atoms with E-state index in [9.17, 15) is 0 Å². The molecule has 17 heavy (non-hydrogen) atoms. The van der Waals surface area contributed by atoms with Crippen molar-refractivity contribution in [1.82, 2.24) is 4.90 Å². The molecule has 1 aromatic carbocycles. The van der Waals surface area contributed by atoms with Gasteiger partial charge in [-0.3, -0.25) is 4.90 Å². The number of hydrogen-bond acceptors (Lipinski definition) is 2. The van der Waals surface area contributed by atoms with Crippen LogP contribution < -0.4 is 0 Å². The van der Waals surface area contributed by atoms with Gasteiger partial charge < -0.3 is 0 Å². The van der Waals surface area contributed by atoms with E-state index in [-0.39, 0.29) is 0 Å². The SMILES string of the molecule is CC(C)N(Cc1ccccc1C#N)CC1CC1. The van der Waals surface area contributed by atoms with Crippen LogP contribution >= 0.6 is 0 Å². The Morgan fingerprint density at radius 3 is 2.65 bits per heavy atom. The minimum absolute atomic E-state index is 0.544. The molecule has 1 saturated carbocycles. The molecule has 0 heterocycles. The summed E-state index contributed by atoms with van der Waals surface area (Å²) in [6.45, 7) is 6.55. The monoisotopic (exact) mass is 228 g/mol. The number of hydrogen-bond donors (Lipinski definition) is 0. The molecular formula is C15H20N2. The van der Waals surface area contributed by atoms with E-state index >= 15 is 0 Å². The Labute approximate surface area is 104 Å². The number of benzene rings is 1. The molecule has 0 N–H and O–H groups in total. The Bertz CT molecular complexity index is 413. The molecule has 0 unspecified atom stereocenters. The first-order chi connectivity index (χ1) is 8.20. The fraction of sp³-hybridized carbons (Fsp3) is 0.533. The maximum absolute atomic E-state index is 9.10. The van der Waals surface area contributed by atoms with Crippen molar-refractivity contribution in [2.45, 2.75) is 39.3 Å². The van der Waals surface area contributed by atoms with Gasteiger partial charge in [-0.15, -0.1) is 0 Å². The summed E-state index contributed by atoms with van der Waals surface area (Å²) >= 11 is 0. The molecule has 0 spiro atoms. The highest BCUT2D eigenvalue weighted by molar-refractivity contribution is 5.37. The highest BCUT2D eigenvalue weighted by atomic mass is 15.1. The van der Waals surface area contributed by atoms with Crippen molar-refractivity contribution in [2.24, 2.45) is 5.92 Å². The predicted octanol–water partition coefficient (Wildman–Crippen LogP) is 3.18. The van der Waals surface area contributed by atoms with E-state index in [1.807, 2.05) is 18.2 Å². The van der Waals surface area contributed by atoms with E-state index in [2.05, 4.69) is 30.9 Å². The normalized spacial score (nSPS) is 15.2. The Morgan fingerprint density at radius 1 is 1.35 bits per heavy atom. The average Bonchev–Trinajstić information content (AvgIpc) is 3.12. The first-order valence-corrected chi connectivity index (χ1v) is 6.42. The summed E-state index contributed by atoms with van der Waals surface area (Å²) in [6.07, 6.45) is 2.76. The van der Waals surface area contributed by atoms with Crippen molar-refractivity contribution in [3.8, 4) is 6.07 Å². The van der Waals surface area contributed by atoms with Crippen molar-refractivity contribution in [3.63, 3.8) is 0 Å². The summed E-state index contributed by atoms with van der Waals surface area (Å²) in [7, 11) is 0. The average molecular weight is 228 g/mol. The standard InChI is InChI=1S/C15H20N2/c1-12(2)17(10-13-7-8-13)11-15-6-4-3-5-14(15)9-16/h3-6,12-13H,7-8,10-11H2,1-2H3. The van der Waals surface area contributed by atoms with Crippen molar-refractivity contribution < 1.29 is 0 Å². The second kappa shape index (κ2) is 5.33. The zero-order chi connectivity index (χ0) is 12.3. The quantitative estimate of drug-likeness (QED) is 0.774. The zero-order valence-electron chi connectivity index (χ0n) is 10.7. The van der Waals surface area contributed by atoms with Gasteiger partial charge in [-0.2, -0.15) is 5.26 Å². The summed E-state index contributed by atoms with van der Waals surface area (Å²) in [5.41, 5.74) is 1.97. The maximum atomic E-state index is 9.10. The van der Waals surface area contributed by atoms with Crippen LogP contribution in [0.1, 0.15) is 37.8 Å². The third-order valence-electron chi connectivity index (χ3n) is 3.43. The minimum Gasteiger partial charge on any atom is -0.296 e. The lowest BCUT2D eigenvalue weighted by Crippen LogP contribution is -2.32. The lowest BCUT2D eigenvalue weighted by Gasteiger charge is -2.26. The van der Waals surface area contributed by atoms with Gasteiger partial charge in [0, 0.05) is 19.1 Å². The van der Waals surface area contributed by atoms with Gasteiger partial charge >= 0.3 is 0 Å². The molecule has 0 aromatic heterocycles. The van der Waals surface area contributed by atoms with Crippen LogP contribution in [0.5, 0.6) is 0 Å². The lowest BCUT2D eigenvalue weighted by molar-refractivity contribution is 0.203. The first-order valence-electron chi connectivity index (χ1n) is 6.42. The summed E-state index contributed by atoms with van der Waals surface area (Å²) in [4.78, 5) is 2.48. The van der Waals surface area contributed by atoms with E-state index < -0.39 is 0 Å². The van der Waals surface area contributed by atoms with Gasteiger partial charge in [0.05, 0.1) is 11.6 Å². The van der Waals surface area contributed by atoms with Crippen molar-refractivity contribution >= 4 is 0 Å². The Balaban J connectivity index is 2.08. The molecule has 90 valence electrons. The molecule has 0 amide bonds. The van der Waals surface area contributed by atoms with Crippen LogP contribution in [0.3, 0.4) is 0 Å². The first kappa shape index (κ1) is 12.1. The van der Waals surface area contributed by atoms with E-state index in [4.69, 9.17) is 5.26 Å². The van der Waals surface area contributed by atoms with Gasteiger partial charge in [-0.05, 0) is 44.2 Å². The molecule has 0 bridgehead atoms. The second-order valence-corrected chi connectivity index (χ2v) is 5.24. The summed E-state index contributed by atoms with van der Waals surface area (Å²) < 4.78 is 0. The largest absolute Gasteiger partial charge is 0.296 e. The van der Waals surface area contributed by atoms with E-state index in [0.29, 0.717) is 6.04 Å². The molecule has 2 rings (SSSR count). The van der Waals surface area contributed by atoms with Gasteiger partial charge in [0.2, 0.25) is 0 Å². The fourth-order valence-corrected chi connectivity index (χ4v) is 2.08. The molecule has 0 atom stereocenters. The summed E-state index contributed by atoms with van der Waals surface area (Å²) in [6, 6.07) is 10.8. The highest BCUT2D eigenvalue weighted by Gasteiger charge is 2.25. The van der Waals surface area contributed by atoms with Gasteiger partial charge in [0.15, 0.2) is 0 Å². The van der Waals surface area contributed by atoms with Crippen molar-refractivity contribution in [3.05, 3.63) is 35.4 Å². The second-order valence-electron chi connectivity index (χ2n) is 5.24. The molecule has 0 saturated heterocycles. The molecule has 2 nitrogen and oxygen atoms in total. The van der Waals surface area contributed by atoms with Crippen LogP contribution in [0.15, 0.2) is 24.3 Å². The third kappa shape index (κ3) is 3.31. The molecular weight excluding hydrogens is 208 g/mol. The summed E-state index contributed by atoms with van der Waals surface area (Å²) in [5, 5.41) is 9.10. The lowest BCUT2D eigenvalue weighted by atomic mass is 10.1. The van der Waals surface area contributed by atoms with Crippen molar-refractivity contribution in [1.29, 1.82) is 5.26 Å². The molecule has 0 radical (unpaired) electrons. The van der Waals surface area contributed by atoms with Crippen LogP contribution in [0.4, 0.5) is 0 Å². The molecule has 1 aromatic rings. The van der Waals surface area contributed by atoms with Crippen LogP contribution in [-0.2, 0) is 6.54 Å².